The van der Waals surface area contributed by atoms with Crippen molar-refractivity contribution < 1.29 is 9.18 Å². The predicted molar refractivity (Wildman–Crippen MR) is 63.1 cm³/mol. The monoisotopic (exact) mass is 234 g/mol. The first kappa shape index (κ1) is 10.7. The summed E-state index contributed by atoms with van der Waals surface area (Å²) in [5.41, 5.74) is 0.666. The van der Waals surface area contributed by atoms with Crippen LogP contribution in [0.3, 0.4) is 0 Å². The van der Waals surface area contributed by atoms with E-state index in [-0.39, 0.29) is 17.6 Å². The molecular formula is C13H15FN2O. The van der Waals surface area contributed by atoms with E-state index in [0.29, 0.717) is 17.8 Å². The lowest BCUT2D eigenvalue weighted by Crippen LogP contribution is -2.32. The first-order chi connectivity index (χ1) is 8.22. The second-order valence-electron chi connectivity index (χ2n) is 4.89. The molecule has 2 saturated heterocycles. The predicted octanol–water partition coefficient (Wildman–Crippen LogP) is 1.90. The van der Waals surface area contributed by atoms with Crippen LogP contribution in [-0.4, -0.2) is 18.0 Å². The van der Waals surface area contributed by atoms with Gasteiger partial charge in [-0.05, 0) is 43.5 Å². The Bertz CT molecular complexity index is 432. The smallest absolute Gasteiger partial charge is 0.229 e. The fraction of sp³-hybridized carbons (Fsp3) is 0.462. The summed E-state index contributed by atoms with van der Waals surface area (Å²) in [5, 5.41) is 6.28. The lowest BCUT2D eigenvalue weighted by Gasteiger charge is -2.19. The van der Waals surface area contributed by atoms with Gasteiger partial charge in [0.25, 0.3) is 0 Å². The Kier molecular flexibility index (Phi) is 2.59. The molecule has 2 heterocycles. The van der Waals surface area contributed by atoms with Crippen molar-refractivity contribution in [3.05, 3.63) is 30.1 Å². The highest BCUT2D eigenvalue weighted by molar-refractivity contribution is 5.93. The van der Waals surface area contributed by atoms with Crippen molar-refractivity contribution >= 4 is 11.6 Å². The van der Waals surface area contributed by atoms with E-state index in [1.807, 2.05) is 0 Å². The Morgan fingerprint density at radius 2 is 2.06 bits per heavy atom. The number of carbonyl (C=O) groups is 1. The SMILES string of the molecule is O=C(Nc1ccc(F)cc1)C1CC2CCC1N2. The van der Waals surface area contributed by atoms with Crippen LogP contribution in [0.2, 0.25) is 0 Å². The van der Waals surface area contributed by atoms with E-state index in [4.69, 9.17) is 0 Å². The molecule has 0 spiro atoms. The number of amides is 1. The molecule has 3 nitrogen and oxygen atoms in total. The molecule has 1 amide bonds. The quantitative estimate of drug-likeness (QED) is 0.820. The fourth-order valence-electron chi connectivity index (χ4n) is 2.88. The molecule has 0 aliphatic carbocycles. The second kappa shape index (κ2) is 4.11. The number of fused-ring (bicyclic) bond motifs is 2. The van der Waals surface area contributed by atoms with Gasteiger partial charge in [-0.3, -0.25) is 4.79 Å². The molecule has 1 aromatic rings. The van der Waals surface area contributed by atoms with Crippen LogP contribution in [0.25, 0.3) is 0 Å². The normalized spacial score (nSPS) is 30.5. The molecule has 1 aromatic carbocycles. The van der Waals surface area contributed by atoms with Gasteiger partial charge < -0.3 is 10.6 Å². The van der Waals surface area contributed by atoms with Crippen LogP contribution < -0.4 is 10.6 Å². The number of hydrogen-bond donors (Lipinski definition) is 2. The van der Waals surface area contributed by atoms with Gasteiger partial charge in [0.05, 0.1) is 5.92 Å². The number of hydrogen-bond acceptors (Lipinski definition) is 2. The number of carbonyl (C=O) groups excluding carboxylic acids is 1. The summed E-state index contributed by atoms with van der Waals surface area (Å²) in [6.45, 7) is 0. The zero-order chi connectivity index (χ0) is 11.8. The van der Waals surface area contributed by atoms with E-state index in [1.54, 1.807) is 12.1 Å². The molecule has 2 aliphatic heterocycles. The lowest BCUT2D eigenvalue weighted by atomic mass is 9.88. The molecule has 2 fully saturated rings. The minimum Gasteiger partial charge on any atom is -0.326 e. The largest absolute Gasteiger partial charge is 0.326 e. The van der Waals surface area contributed by atoms with Gasteiger partial charge in [0.15, 0.2) is 0 Å². The average molecular weight is 234 g/mol. The number of benzene rings is 1. The highest BCUT2D eigenvalue weighted by Crippen LogP contribution is 2.33. The number of anilines is 1. The van der Waals surface area contributed by atoms with Crippen LogP contribution in [0.4, 0.5) is 10.1 Å². The topological polar surface area (TPSA) is 41.1 Å². The Morgan fingerprint density at radius 1 is 1.29 bits per heavy atom. The number of halogens is 1. The van der Waals surface area contributed by atoms with Crippen LogP contribution in [0, 0.1) is 11.7 Å². The number of nitrogens with one attached hydrogen (secondary N) is 2. The van der Waals surface area contributed by atoms with Crippen LogP contribution >= 0.6 is 0 Å². The molecule has 17 heavy (non-hydrogen) atoms. The Hall–Kier alpha value is -1.42. The van der Waals surface area contributed by atoms with Gasteiger partial charge in [0.1, 0.15) is 5.82 Å². The maximum absolute atomic E-state index is 12.7. The van der Waals surface area contributed by atoms with E-state index < -0.39 is 0 Å². The Balaban J connectivity index is 1.65. The van der Waals surface area contributed by atoms with Gasteiger partial charge >= 0.3 is 0 Å². The van der Waals surface area contributed by atoms with E-state index in [0.717, 1.165) is 12.8 Å². The highest BCUT2D eigenvalue weighted by atomic mass is 19.1. The van der Waals surface area contributed by atoms with E-state index in [9.17, 15) is 9.18 Å². The van der Waals surface area contributed by atoms with Crippen molar-refractivity contribution in [1.29, 1.82) is 0 Å². The third-order valence-corrected chi connectivity index (χ3v) is 3.75. The van der Waals surface area contributed by atoms with Gasteiger partial charge in [0, 0.05) is 17.8 Å². The average Bonchev–Trinajstić information content (AvgIpc) is 2.94. The number of rotatable bonds is 2. The van der Waals surface area contributed by atoms with Crippen molar-refractivity contribution in [2.24, 2.45) is 5.92 Å². The minimum atomic E-state index is -0.287. The van der Waals surface area contributed by atoms with Gasteiger partial charge in [-0.15, -0.1) is 0 Å². The summed E-state index contributed by atoms with van der Waals surface area (Å²) in [6.07, 6.45) is 3.20. The molecule has 2 bridgehead atoms. The summed E-state index contributed by atoms with van der Waals surface area (Å²) < 4.78 is 12.7. The molecule has 2 aliphatic rings. The zero-order valence-corrected chi connectivity index (χ0v) is 9.45. The van der Waals surface area contributed by atoms with Crippen molar-refractivity contribution in [1.82, 2.24) is 5.32 Å². The molecule has 3 atom stereocenters. The molecule has 0 saturated carbocycles. The van der Waals surface area contributed by atoms with E-state index >= 15 is 0 Å². The van der Waals surface area contributed by atoms with E-state index in [2.05, 4.69) is 10.6 Å². The highest BCUT2D eigenvalue weighted by Gasteiger charge is 2.42. The maximum Gasteiger partial charge on any atom is 0.229 e. The molecule has 3 unspecified atom stereocenters. The molecule has 0 radical (unpaired) electrons. The maximum atomic E-state index is 12.7. The first-order valence-corrected chi connectivity index (χ1v) is 6.05. The molecule has 3 rings (SSSR count). The lowest BCUT2D eigenvalue weighted by molar-refractivity contribution is -0.120. The van der Waals surface area contributed by atoms with Crippen LogP contribution in [0.1, 0.15) is 19.3 Å². The summed E-state index contributed by atoms with van der Waals surface area (Å²) in [6, 6.07) is 6.75. The third kappa shape index (κ3) is 2.05. The Morgan fingerprint density at radius 3 is 2.65 bits per heavy atom. The van der Waals surface area contributed by atoms with Crippen LogP contribution in [0.5, 0.6) is 0 Å². The standard InChI is InChI=1S/C13H15FN2O/c14-8-1-3-9(4-2-8)16-13(17)11-7-10-5-6-12(11)15-10/h1-4,10-12,15H,5-7H2,(H,16,17). The molecule has 2 N–H and O–H groups in total. The van der Waals surface area contributed by atoms with Gasteiger partial charge in [-0.1, -0.05) is 0 Å². The second-order valence-corrected chi connectivity index (χ2v) is 4.89. The first-order valence-electron chi connectivity index (χ1n) is 6.05. The summed E-state index contributed by atoms with van der Waals surface area (Å²) in [5.74, 6) is -0.167. The van der Waals surface area contributed by atoms with Crippen molar-refractivity contribution in [3.8, 4) is 0 Å². The zero-order valence-electron chi connectivity index (χ0n) is 9.45. The summed E-state index contributed by atoms with van der Waals surface area (Å²) in [7, 11) is 0. The van der Waals surface area contributed by atoms with Crippen molar-refractivity contribution in [2.45, 2.75) is 31.3 Å². The van der Waals surface area contributed by atoms with E-state index in [1.165, 1.54) is 18.6 Å². The summed E-state index contributed by atoms with van der Waals surface area (Å²) in [4.78, 5) is 12.0. The molecule has 4 heteroatoms. The van der Waals surface area contributed by atoms with Crippen LogP contribution in [-0.2, 0) is 4.79 Å². The van der Waals surface area contributed by atoms with Gasteiger partial charge in [-0.2, -0.15) is 0 Å². The van der Waals surface area contributed by atoms with Gasteiger partial charge in [-0.25, -0.2) is 4.39 Å². The fourth-order valence-corrected chi connectivity index (χ4v) is 2.88. The van der Waals surface area contributed by atoms with Gasteiger partial charge in [0.2, 0.25) is 5.91 Å². The molecule has 0 aromatic heterocycles. The summed E-state index contributed by atoms with van der Waals surface area (Å²) >= 11 is 0. The minimum absolute atomic E-state index is 0.0521. The van der Waals surface area contributed by atoms with Crippen LogP contribution in [0.15, 0.2) is 24.3 Å². The van der Waals surface area contributed by atoms with Crippen molar-refractivity contribution in [2.75, 3.05) is 5.32 Å². The molecular weight excluding hydrogens is 219 g/mol. The third-order valence-electron chi connectivity index (χ3n) is 3.75. The van der Waals surface area contributed by atoms with Crippen molar-refractivity contribution in [3.63, 3.8) is 0 Å². The molecule has 90 valence electrons. The Labute approximate surface area is 99.4 Å².